The molecule has 0 spiro atoms. The first-order valence-electron chi connectivity index (χ1n) is 5.44. The molecule has 1 aromatic heterocycles. The molecule has 0 saturated carbocycles. The average Bonchev–Trinajstić information content (AvgIpc) is 2.73. The Balaban J connectivity index is 2.02. The number of hydrogen-bond donors (Lipinski definition) is 2. The van der Waals surface area contributed by atoms with Crippen molar-refractivity contribution in [1.29, 1.82) is 0 Å². The van der Waals surface area contributed by atoms with Gasteiger partial charge in [0.05, 0.1) is 6.21 Å². The fraction of sp³-hybridized carbons (Fsp3) is 0.182. The molecule has 0 aliphatic heterocycles. The predicted octanol–water partition coefficient (Wildman–Crippen LogP) is 1.76. The summed E-state index contributed by atoms with van der Waals surface area (Å²) in [5.41, 5.74) is 3.73. The van der Waals surface area contributed by atoms with Gasteiger partial charge in [-0.25, -0.2) is 10.1 Å². The second-order valence-electron chi connectivity index (χ2n) is 3.58. The number of aromatic nitrogens is 3. The Bertz CT molecular complexity index is 545. The molecule has 2 aromatic rings. The lowest BCUT2D eigenvalue weighted by atomic mass is 10.2. The predicted molar refractivity (Wildman–Crippen MR) is 74.9 cm³/mol. The van der Waals surface area contributed by atoms with E-state index >= 15 is 0 Å². The molecule has 3 N–H and O–H groups in total. The lowest BCUT2D eigenvalue weighted by molar-refractivity contribution is 0.855. The van der Waals surface area contributed by atoms with Crippen LogP contribution in [0, 0.1) is 0 Å². The van der Waals surface area contributed by atoms with Crippen LogP contribution in [0.15, 0.2) is 33.8 Å². The number of nitrogens with zero attached hydrogens (tertiary/aromatic N) is 4. The summed E-state index contributed by atoms with van der Waals surface area (Å²) in [6.07, 6.45) is 2.41. The van der Waals surface area contributed by atoms with Gasteiger partial charge in [-0.2, -0.15) is 5.10 Å². The molecule has 1 aromatic carbocycles. The van der Waals surface area contributed by atoms with Gasteiger partial charge in [0.2, 0.25) is 0 Å². The van der Waals surface area contributed by atoms with Gasteiger partial charge in [-0.1, -0.05) is 35.0 Å². The summed E-state index contributed by atoms with van der Waals surface area (Å²) >= 11 is 3.37. The van der Waals surface area contributed by atoms with Gasteiger partial charge in [0.1, 0.15) is 0 Å². The molecule has 7 heteroatoms. The quantitative estimate of drug-likeness (QED) is 0.512. The van der Waals surface area contributed by atoms with Gasteiger partial charge in [0.15, 0.2) is 5.82 Å². The van der Waals surface area contributed by atoms with E-state index in [0.29, 0.717) is 11.8 Å². The molecule has 0 unspecified atom stereocenters. The third-order valence-corrected chi connectivity index (χ3v) is 2.86. The zero-order valence-electron chi connectivity index (χ0n) is 9.84. The Morgan fingerprint density at radius 3 is 2.72 bits per heavy atom. The molecular weight excluding hydrogens is 296 g/mol. The van der Waals surface area contributed by atoms with Gasteiger partial charge >= 0.3 is 0 Å². The van der Waals surface area contributed by atoms with Crippen LogP contribution < -0.4 is 11.3 Å². The van der Waals surface area contributed by atoms with E-state index in [1.807, 2.05) is 31.2 Å². The second-order valence-corrected chi connectivity index (χ2v) is 4.50. The van der Waals surface area contributed by atoms with E-state index in [9.17, 15) is 0 Å². The third kappa shape index (κ3) is 2.86. The highest BCUT2D eigenvalue weighted by Crippen LogP contribution is 2.09. The van der Waals surface area contributed by atoms with Gasteiger partial charge in [0, 0.05) is 10.9 Å². The van der Waals surface area contributed by atoms with E-state index in [-0.39, 0.29) is 0 Å². The number of hydrazone groups is 1. The highest BCUT2D eigenvalue weighted by Gasteiger charge is 2.05. The molecule has 2 rings (SSSR count). The molecule has 0 radical (unpaired) electrons. The number of nitrogens with one attached hydrogen (secondary N) is 1. The molecule has 94 valence electrons. The fourth-order valence-corrected chi connectivity index (χ4v) is 1.62. The SMILES string of the molecule is CCc1nnc(N/N=C\c2ccc(Br)cc2)n1N. The standard InChI is InChI=1S/C11H13BrN6/c1-2-10-15-17-11(18(10)13)16-14-7-8-3-5-9(12)6-4-8/h3-7H,2,13H2,1H3,(H,16,17)/b14-7-. The van der Waals surface area contributed by atoms with Gasteiger partial charge < -0.3 is 5.84 Å². The van der Waals surface area contributed by atoms with Gasteiger partial charge in [-0.3, -0.25) is 0 Å². The van der Waals surface area contributed by atoms with Crippen molar-refractivity contribution in [2.75, 3.05) is 11.3 Å². The minimum absolute atomic E-state index is 0.417. The summed E-state index contributed by atoms with van der Waals surface area (Å²) in [6, 6.07) is 7.78. The van der Waals surface area contributed by atoms with Crippen LogP contribution in [0.3, 0.4) is 0 Å². The first kappa shape index (κ1) is 12.6. The largest absolute Gasteiger partial charge is 0.335 e. The Hall–Kier alpha value is -1.89. The van der Waals surface area contributed by atoms with Crippen LogP contribution in [0.2, 0.25) is 0 Å². The zero-order chi connectivity index (χ0) is 13.0. The molecule has 6 nitrogen and oxygen atoms in total. The monoisotopic (exact) mass is 308 g/mol. The third-order valence-electron chi connectivity index (χ3n) is 2.33. The Kier molecular flexibility index (Phi) is 3.93. The minimum Gasteiger partial charge on any atom is -0.335 e. The van der Waals surface area contributed by atoms with E-state index in [2.05, 4.69) is 36.7 Å². The van der Waals surface area contributed by atoms with Crippen molar-refractivity contribution in [2.45, 2.75) is 13.3 Å². The maximum absolute atomic E-state index is 5.76. The van der Waals surface area contributed by atoms with E-state index in [4.69, 9.17) is 5.84 Å². The second kappa shape index (κ2) is 5.63. The Morgan fingerprint density at radius 1 is 1.39 bits per heavy atom. The molecule has 0 amide bonds. The summed E-state index contributed by atoms with van der Waals surface area (Å²) in [5, 5.41) is 11.9. The molecule has 0 bridgehead atoms. The number of rotatable bonds is 4. The molecule has 18 heavy (non-hydrogen) atoms. The van der Waals surface area contributed by atoms with Crippen LogP contribution in [-0.2, 0) is 6.42 Å². The number of nitrogens with two attached hydrogens (primary N) is 1. The number of anilines is 1. The van der Waals surface area contributed by atoms with Crippen molar-refractivity contribution >= 4 is 28.1 Å². The summed E-state index contributed by atoms with van der Waals surface area (Å²) in [4.78, 5) is 0. The van der Waals surface area contributed by atoms with Crippen molar-refractivity contribution in [3.05, 3.63) is 40.1 Å². The number of hydrogen-bond acceptors (Lipinski definition) is 5. The molecule has 0 saturated heterocycles. The van der Waals surface area contributed by atoms with Crippen molar-refractivity contribution in [3.63, 3.8) is 0 Å². The summed E-state index contributed by atoms with van der Waals surface area (Å²) in [6.45, 7) is 1.96. The number of nitrogen functional groups attached to an aromatic ring is 1. The van der Waals surface area contributed by atoms with Gasteiger partial charge in [-0.05, 0) is 17.7 Å². The van der Waals surface area contributed by atoms with Gasteiger partial charge in [0.25, 0.3) is 5.95 Å². The number of benzene rings is 1. The maximum atomic E-state index is 5.76. The normalized spacial score (nSPS) is 11.0. The molecule has 0 aliphatic rings. The van der Waals surface area contributed by atoms with Crippen LogP contribution >= 0.6 is 15.9 Å². The van der Waals surface area contributed by atoms with E-state index in [0.717, 1.165) is 16.5 Å². The molecule has 0 aliphatic carbocycles. The molecular formula is C11H13BrN6. The molecule has 1 heterocycles. The number of aryl methyl sites for hydroxylation is 1. The van der Waals surface area contributed by atoms with Crippen molar-refractivity contribution in [2.24, 2.45) is 5.10 Å². The lowest BCUT2D eigenvalue weighted by Crippen LogP contribution is -2.14. The average molecular weight is 309 g/mol. The highest BCUT2D eigenvalue weighted by molar-refractivity contribution is 9.10. The lowest BCUT2D eigenvalue weighted by Gasteiger charge is -2.00. The first-order valence-corrected chi connectivity index (χ1v) is 6.24. The van der Waals surface area contributed by atoms with Crippen LogP contribution in [0.4, 0.5) is 5.95 Å². The zero-order valence-corrected chi connectivity index (χ0v) is 11.4. The molecule has 0 fully saturated rings. The Labute approximate surface area is 113 Å². The van der Waals surface area contributed by atoms with Gasteiger partial charge in [-0.15, -0.1) is 10.2 Å². The smallest absolute Gasteiger partial charge is 0.263 e. The van der Waals surface area contributed by atoms with Crippen molar-refractivity contribution in [3.8, 4) is 0 Å². The van der Waals surface area contributed by atoms with E-state index in [1.54, 1.807) is 6.21 Å². The van der Waals surface area contributed by atoms with Crippen molar-refractivity contribution in [1.82, 2.24) is 14.9 Å². The topological polar surface area (TPSA) is 81.1 Å². The number of halogens is 1. The van der Waals surface area contributed by atoms with Crippen LogP contribution in [0.1, 0.15) is 18.3 Å². The van der Waals surface area contributed by atoms with Crippen LogP contribution in [0.5, 0.6) is 0 Å². The Morgan fingerprint density at radius 2 is 2.11 bits per heavy atom. The van der Waals surface area contributed by atoms with E-state index in [1.165, 1.54) is 4.68 Å². The molecule has 0 atom stereocenters. The maximum Gasteiger partial charge on any atom is 0.263 e. The summed E-state index contributed by atoms with van der Waals surface area (Å²) in [7, 11) is 0. The van der Waals surface area contributed by atoms with Crippen molar-refractivity contribution < 1.29 is 0 Å². The first-order chi connectivity index (χ1) is 8.70. The van der Waals surface area contributed by atoms with Crippen LogP contribution in [0.25, 0.3) is 0 Å². The highest BCUT2D eigenvalue weighted by atomic mass is 79.9. The summed E-state index contributed by atoms with van der Waals surface area (Å²) in [5.74, 6) is 6.88. The fourth-order valence-electron chi connectivity index (χ4n) is 1.35. The van der Waals surface area contributed by atoms with E-state index < -0.39 is 0 Å². The summed E-state index contributed by atoms with van der Waals surface area (Å²) < 4.78 is 2.42. The van der Waals surface area contributed by atoms with Crippen LogP contribution in [-0.4, -0.2) is 21.1 Å². The minimum atomic E-state index is 0.417.